The van der Waals surface area contributed by atoms with Gasteiger partial charge >= 0.3 is 0 Å². The van der Waals surface area contributed by atoms with Gasteiger partial charge in [0.2, 0.25) is 0 Å². The number of amides is 1. The van der Waals surface area contributed by atoms with Crippen LogP contribution in [-0.4, -0.2) is 55.5 Å². The molecule has 0 saturated heterocycles. The van der Waals surface area contributed by atoms with Gasteiger partial charge in [-0.15, -0.1) is 0 Å². The van der Waals surface area contributed by atoms with Crippen LogP contribution < -0.4 is 9.47 Å². The van der Waals surface area contributed by atoms with Crippen molar-refractivity contribution in [1.29, 1.82) is 0 Å². The summed E-state index contributed by atoms with van der Waals surface area (Å²) in [5.74, 6) is 1.21. The van der Waals surface area contributed by atoms with E-state index in [1.165, 1.54) is 5.56 Å². The molecule has 0 saturated carbocycles. The van der Waals surface area contributed by atoms with Crippen molar-refractivity contribution < 1.29 is 19.0 Å². The van der Waals surface area contributed by atoms with Crippen LogP contribution in [0.25, 0.3) is 11.3 Å². The van der Waals surface area contributed by atoms with Crippen LogP contribution >= 0.6 is 0 Å². The Morgan fingerprint density at radius 2 is 1.77 bits per heavy atom. The van der Waals surface area contributed by atoms with Crippen molar-refractivity contribution >= 4 is 5.91 Å². The number of methoxy groups -OCH3 is 3. The Labute approximate surface area is 181 Å². The molecule has 1 unspecified atom stereocenters. The van der Waals surface area contributed by atoms with Gasteiger partial charge < -0.3 is 19.1 Å². The lowest BCUT2D eigenvalue weighted by atomic mass is 9.95. The van der Waals surface area contributed by atoms with Gasteiger partial charge in [-0.05, 0) is 37.1 Å². The molecule has 1 aromatic heterocycles. The summed E-state index contributed by atoms with van der Waals surface area (Å²) < 4.78 is 16.0. The Morgan fingerprint density at radius 1 is 1.03 bits per heavy atom. The highest BCUT2D eigenvalue weighted by Crippen LogP contribution is 2.44. The van der Waals surface area contributed by atoms with E-state index in [0.717, 1.165) is 28.8 Å². The van der Waals surface area contributed by atoms with Crippen LogP contribution in [0.4, 0.5) is 0 Å². The van der Waals surface area contributed by atoms with Crippen LogP contribution in [-0.2, 0) is 4.74 Å². The number of hydrogen-bond donors (Lipinski definition) is 1. The zero-order valence-electron chi connectivity index (χ0n) is 18.3. The molecule has 1 N–H and O–H groups in total. The van der Waals surface area contributed by atoms with E-state index in [-0.39, 0.29) is 11.9 Å². The average molecular weight is 421 g/mol. The third-order valence-corrected chi connectivity index (χ3v) is 5.66. The summed E-state index contributed by atoms with van der Waals surface area (Å²) in [6, 6.07) is 13.8. The Morgan fingerprint density at radius 3 is 2.45 bits per heavy atom. The lowest BCUT2D eigenvalue weighted by Gasteiger charge is -2.26. The maximum atomic E-state index is 13.3. The highest BCUT2D eigenvalue weighted by atomic mass is 16.5. The van der Waals surface area contributed by atoms with Crippen molar-refractivity contribution in [3.8, 4) is 22.8 Å². The molecule has 2 heterocycles. The molecule has 3 aromatic rings. The van der Waals surface area contributed by atoms with Gasteiger partial charge in [-0.3, -0.25) is 9.89 Å². The van der Waals surface area contributed by atoms with Gasteiger partial charge in [0, 0.05) is 31.4 Å². The summed E-state index contributed by atoms with van der Waals surface area (Å²) >= 11 is 0. The second-order valence-corrected chi connectivity index (χ2v) is 7.59. The maximum absolute atomic E-state index is 13.3. The molecule has 31 heavy (non-hydrogen) atoms. The number of rotatable bonds is 8. The minimum absolute atomic E-state index is 0.0455. The average Bonchev–Trinajstić information content (AvgIpc) is 3.33. The van der Waals surface area contributed by atoms with E-state index < -0.39 is 0 Å². The molecule has 4 rings (SSSR count). The zero-order valence-corrected chi connectivity index (χ0v) is 18.3. The number of aryl methyl sites for hydroxylation is 1. The van der Waals surface area contributed by atoms with Crippen molar-refractivity contribution in [2.24, 2.45) is 0 Å². The van der Waals surface area contributed by atoms with Gasteiger partial charge in [0.05, 0.1) is 26.0 Å². The molecule has 162 valence electrons. The normalized spacial score (nSPS) is 15.3. The molecule has 0 spiro atoms. The Hall–Kier alpha value is -3.32. The predicted octanol–water partition coefficient (Wildman–Crippen LogP) is 3.98. The van der Waals surface area contributed by atoms with Crippen LogP contribution in [0.5, 0.6) is 11.5 Å². The molecule has 7 heteroatoms. The fourth-order valence-corrected chi connectivity index (χ4v) is 4.11. The van der Waals surface area contributed by atoms with Crippen molar-refractivity contribution in [3.63, 3.8) is 0 Å². The molecular formula is C24H27N3O4. The first-order valence-corrected chi connectivity index (χ1v) is 10.3. The second kappa shape index (κ2) is 8.81. The topological polar surface area (TPSA) is 76.7 Å². The van der Waals surface area contributed by atoms with E-state index in [9.17, 15) is 4.79 Å². The van der Waals surface area contributed by atoms with Gasteiger partial charge in [0.15, 0.2) is 11.5 Å². The van der Waals surface area contributed by atoms with Gasteiger partial charge in [-0.25, -0.2) is 0 Å². The number of aromatic nitrogens is 2. The van der Waals surface area contributed by atoms with Crippen LogP contribution in [0.3, 0.4) is 0 Å². The summed E-state index contributed by atoms with van der Waals surface area (Å²) in [6.45, 7) is 3.25. The van der Waals surface area contributed by atoms with Crippen molar-refractivity contribution in [3.05, 3.63) is 64.8 Å². The minimum Gasteiger partial charge on any atom is -0.493 e. The number of H-pyrrole nitrogens is 1. The largest absolute Gasteiger partial charge is 0.493 e. The molecule has 1 atom stereocenters. The number of carbonyl (C=O) groups is 1. The molecular weight excluding hydrogens is 394 g/mol. The second-order valence-electron chi connectivity index (χ2n) is 7.59. The number of carbonyl (C=O) groups excluding carboxylic acids is 1. The molecule has 2 aromatic carbocycles. The van der Waals surface area contributed by atoms with E-state index in [2.05, 4.69) is 41.4 Å². The number of nitrogens with zero attached hydrogens (tertiary/aromatic N) is 2. The fourth-order valence-electron chi connectivity index (χ4n) is 4.11. The van der Waals surface area contributed by atoms with Gasteiger partial charge in [0.25, 0.3) is 5.91 Å². The van der Waals surface area contributed by atoms with Crippen molar-refractivity contribution in [2.75, 3.05) is 34.5 Å². The lowest BCUT2D eigenvalue weighted by Crippen LogP contribution is -2.31. The number of benzene rings is 2. The summed E-state index contributed by atoms with van der Waals surface area (Å²) in [4.78, 5) is 15.2. The molecule has 0 radical (unpaired) electrons. The number of ether oxygens (including phenoxy) is 3. The lowest BCUT2D eigenvalue weighted by molar-refractivity contribution is 0.0723. The Kier molecular flexibility index (Phi) is 5.95. The van der Waals surface area contributed by atoms with Crippen LogP contribution in [0.1, 0.15) is 39.6 Å². The minimum atomic E-state index is -0.221. The molecule has 7 nitrogen and oxygen atoms in total. The molecule has 1 aliphatic rings. The molecule has 1 amide bonds. The number of fused-ring (bicyclic) bond motifs is 1. The summed E-state index contributed by atoms with van der Waals surface area (Å²) in [5, 5.41) is 7.51. The first kappa shape index (κ1) is 20.9. The molecule has 0 bridgehead atoms. The van der Waals surface area contributed by atoms with Crippen molar-refractivity contribution in [1.82, 2.24) is 15.1 Å². The third kappa shape index (κ3) is 3.77. The first-order valence-electron chi connectivity index (χ1n) is 10.3. The first-order chi connectivity index (χ1) is 15.1. The van der Waals surface area contributed by atoms with Crippen LogP contribution in [0, 0.1) is 6.92 Å². The fraction of sp³-hybridized carbons (Fsp3) is 0.333. The third-order valence-electron chi connectivity index (χ3n) is 5.66. The zero-order chi connectivity index (χ0) is 22.0. The quantitative estimate of drug-likeness (QED) is 0.557. The van der Waals surface area contributed by atoms with E-state index in [1.54, 1.807) is 21.3 Å². The predicted molar refractivity (Wildman–Crippen MR) is 118 cm³/mol. The van der Waals surface area contributed by atoms with Gasteiger partial charge in [-0.1, -0.05) is 29.8 Å². The summed E-state index contributed by atoms with van der Waals surface area (Å²) in [5.41, 5.74) is 5.25. The number of hydrogen-bond acceptors (Lipinski definition) is 5. The molecule has 0 aliphatic carbocycles. The number of nitrogens with one attached hydrogen (secondary N) is 1. The van der Waals surface area contributed by atoms with E-state index in [4.69, 9.17) is 14.2 Å². The molecule has 1 aliphatic heterocycles. The Balaban J connectivity index is 1.82. The van der Waals surface area contributed by atoms with Crippen LogP contribution in [0.2, 0.25) is 0 Å². The highest BCUT2D eigenvalue weighted by molar-refractivity contribution is 6.00. The smallest absolute Gasteiger partial charge is 0.273 e. The maximum Gasteiger partial charge on any atom is 0.273 e. The summed E-state index contributed by atoms with van der Waals surface area (Å²) in [6.07, 6.45) is 0.758. The number of aromatic amines is 1. The van der Waals surface area contributed by atoms with E-state index >= 15 is 0 Å². The standard InChI is InChI=1S/C24H27N3O4/c1-15-6-8-16(9-7-15)23-20-21(17-10-11-18(30-3)19(14-17)31-4)25-26-22(20)24(28)27(23)12-5-13-29-2/h6-11,14,23H,5,12-13H2,1-4H3,(H,25,26). The SMILES string of the molecule is COCCCN1C(=O)c2[nH]nc(-c3ccc(OC)c(OC)c3)c2C1c1ccc(C)cc1. The van der Waals surface area contributed by atoms with Gasteiger partial charge in [-0.2, -0.15) is 5.10 Å². The molecule has 0 fully saturated rings. The van der Waals surface area contributed by atoms with Crippen molar-refractivity contribution in [2.45, 2.75) is 19.4 Å². The highest BCUT2D eigenvalue weighted by Gasteiger charge is 2.41. The van der Waals surface area contributed by atoms with E-state index in [0.29, 0.717) is 30.3 Å². The van der Waals surface area contributed by atoms with Crippen LogP contribution in [0.15, 0.2) is 42.5 Å². The monoisotopic (exact) mass is 421 g/mol. The van der Waals surface area contributed by atoms with Gasteiger partial charge in [0.1, 0.15) is 5.69 Å². The Bertz CT molecular complexity index is 1070. The summed E-state index contributed by atoms with van der Waals surface area (Å²) in [7, 11) is 4.88. The van der Waals surface area contributed by atoms with E-state index in [1.807, 2.05) is 23.1 Å².